The molecule has 1 saturated carbocycles. The molecule has 0 bridgehead atoms. The molecule has 0 unspecified atom stereocenters. The second-order valence-electron chi connectivity index (χ2n) is 6.32. The van der Waals surface area contributed by atoms with Crippen LogP contribution in [0.25, 0.3) is 0 Å². The Hall–Kier alpha value is -1.23. The molecule has 0 aromatic heterocycles. The van der Waals surface area contributed by atoms with Crippen LogP contribution in [0.4, 0.5) is 0 Å². The standard InChI is InChI=1S/C20H20O2S2/c21-19-13-7-12-18-17(19)14-22-20(18,23-15-8-3-1-4-9-15)24-16-10-5-2-6-11-16/h1-6,8-11,17-18H,7,12-14H2/t17-,18-/m0/s1. The molecule has 2 fully saturated rings. The van der Waals surface area contributed by atoms with Gasteiger partial charge < -0.3 is 4.74 Å². The topological polar surface area (TPSA) is 26.3 Å². The smallest absolute Gasteiger partial charge is 0.172 e. The summed E-state index contributed by atoms with van der Waals surface area (Å²) in [5.41, 5.74) is 0. The highest BCUT2D eigenvalue weighted by Gasteiger charge is 2.54. The molecule has 1 saturated heterocycles. The van der Waals surface area contributed by atoms with Crippen LogP contribution in [0.15, 0.2) is 70.5 Å². The SMILES string of the molecule is O=C1CCC[C@H]2[C@@H]1COC2(Sc1ccccc1)Sc1ccccc1. The fourth-order valence-electron chi connectivity index (χ4n) is 3.59. The fraction of sp³-hybridized carbons (Fsp3) is 0.350. The second-order valence-corrected chi connectivity index (χ2v) is 9.14. The molecule has 4 rings (SSSR count). The molecule has 2 aromatic rings. The molecule has 2 aliphatic rings. The molecule has 0 amide bonds. The van der Waals surface area contributed by atoms with Crippen LogP contribution in [0.3, 0.4) is 0 Å². The van der Waals surface area contributed by atoms with Crippen molar-refractivity contribution in [1.82, 2.24) is 0 Å². The molecular weight excluding hydrogens is 336 g/mol. The molecule has 1 aliphatic carbocycles. The first-order chi connectivity index (χ1) is 11.8. The lowest BCUT2D eigenvalue weighted by molar-refractivity contribution is -0.125. The van der Waals surface area contributed by atoms with Crippen LogP contribution < -0.4 is 0 Å². The summed E-state index contributed by atoms with van der Waals surface area (Å²) < 4.78 is 5.96. The number of benzene rings is 2. The number of thioether (sulfide) groups is 2. The molecule has 0 spiro atoms. The van der Waals surface area contributed by atoms with Crippen molar-refractivity contribution < 1.29 is 9.53 Å². The van der Waals surface area contributed by atoms with Crippen LogP contribution in [-0.2, 0) is 9.53 Å². The van der Waals surface area contributed by atoms with Crippen LogP contribution in [0, 0.1) is 11.8 Å². The summed E-state index contributed by atoms with van der Waals surface area (Å²) in [4.78, 5) is 14.8. The maximum absolute atomic E-state index is 12.4. The van der Waals surface area contributed by atoms with Gasteiger partial charge in [0.05, 0.1) is 6.61 Å². The van der Waals surface area contributed by atoms with Crippen LogP contribution in [0.1, 0.15) is 19.3 Å². The Morgan fingerprint density at radius 1 is 0.917 bits per heavy atom. The fourth-order valence-corrected chi connectivity index (χ4v) is 6.70. The van der Waals surface area contributed by atoms with Gasteiger partial charge in [-0.3, -0.25) is 4.79 Å². The normalized spacial score (nSPS) is 25.4. The van der Waals surface area contributed by atoms with Crippen molar-refractivity contribution in [1.29, 1.82) is 0 Å². The van der Waals surface area contributed by atoms with Gasteiger partial charge in [-0.05, 0) is 37.1 Å². The third-order valence-corrected chi connectivity index (χ3v) is 7.69. The van der Waals surface area contributed by atoms with E-state index in [-0.39, 0.29) is 11.8 Å². The maximum atomic E-state index is 12.4. The van der Waals surface area contributed by atoms with E-state index in [0.717, 1.165) is 12.8 Å². The number of hydrogen-bond acceptors (Lipinski definition) is 4. The molecule has 2 atom stereocenters. The minimum absolute atomic E-state index is 0.0613. The van der Waals surface area contributed by atoms with Gasteiger partial charge >= 0.3 is 0 Å². The van der Waals surface area contributed by atoms with E-state index in [2.05, 4.69) is 48.5 Å². The Kier molecular flexibility index (Phi) is 4.70. The van der Waals surface area contributed by atoms with Gasteiger partial charge in [0.15, 0.2) is 4.27 Å². The summed E-state index contributed by atoms with van der Waals surface area (Å²) in [5.74, 6) is 0.718. The Bertz CT molecular complexity index is 661. The van der Waals surface area contributed by atoms with Crippen LogP contribution in [0.5, 0.6) is 0 Å². The number of Topliss-reactive ketones (excluding diaryl/α,β-unsaturated/α-hetero) is 1. The summed E-state index contributed by atoms with van der Waals surface area (Å²) in [5, 5.41) is 0. The molecule has 0 N–H and O–H groups in total. The largest absolute Gasteiger partial charge is 0.353 e. The highest BCUT2D eigenvalue weighted by Crippen LogP contribution is 2.59. The average molecular weight is 357 g/mol. The lowest BCUT2D eigenvalue weighted by atomic mass is 9.80. The highest BCUT2D eigenvalue weighted by atomic mass is 32.2. The Morgan fingerprint density at radius 2 is 1.50 bits per heavy atom. The van der Waals surface area contributed by atoms with E-state index in [1.165, 1.54) is 9.79 Å². The first-order valence-electron chi connectivity index (χ1n) is 8.42. The van der Waals surface area contributed by atoms with E-state index >= 15 is 0 Å². The monoisotopic (exact) mass is 356 g/mol. The Balaban J connectivity index is 1.68. The van der Waals surface area contributed by atoms with Crippen molar-refractivity contribution in [2.45, 2.75) is 33.3 Å². The lowest BCUT2D eigenvalue weighted by Gasteiger charge is -2.36. The lowest BCUT2D eigenvalue weighted by Crippen LogP contribution is -2.35. The predicted octanol–water partition coefficient (Wildman–Crippen LogP) is 5.24. The Morgan fingerprint density at radius 3 is 2.08 bits per heavy atom. The molecule has 4 heteroatoms. The minimum atomic E-state index is -0.413. The van der Waals surface area contributed by atoms with Crippen molar-refractivity contribution in [2.75, 3.05) is 6.61 Å². The quantitative estimate of drug-likeness (QED) is 0.700. The average Bonchev–Trinajstić information content (AvgIpc) is 2.96. The summed E-state index contributed by atoms with van der Waals surface area (Å²) in [6.07, 6.45) is 2.76. The zero-order valence-electron chi connectivity index (χ0n) is 13.4. The highest BCUT2D eigenvalue weighted by molar-refractivity contribution is 8.18. The number of rotatable bonds is 4. The predicted molar refractivity (Wildman–Crippen MR) is 99.1 cm³/mol. The summed E-state index contributed by atoms with van der Waals surface area (Å²) in [6, 6.07) is 20.8. The van der Waals surface area contributed by atoms with Gasteiger partial charge in [-0.1, -0.05) is 59.9 Å². The van der Waals surface area contributed by atoms with Gasteiger partial charge in [-0.25, -0.2) is 0 Å². The molecule has 24 heavy (non-hydrogen) atoms. The van der Waals surface area contributed by atoms with Crippen molar-refractivity contribution in [3.05, 3.63) is 60.7 Å². The van der Waals surface area contributed by atoms with Crippen molar-refractivity contribution in [2.24, 2.45) is 11.8 Å². The van der Waals surface area contributed by atoms with E-state index in [0.29, 0.717) is 18.8 Å². The Labute approximate surface area is 151 Å². The van der Waals surface area contributed by atoms with E-state index < -0.39 is 4.27 Å². The summed E-state index contributed by atoms with van der Waals surface area (Å²) >= 11 is 3.54. The number of ketones is 1. The van der Waals surface area contributed by atoms with Crippen LogP contribution in [-0.4, -0.2) is 16.7 Å². The van der Waals surface area contributed by atoms with E-state index in [1.807, 2.05) is 12.1 Å². The molecule has 2 aromatic carbocycles. The molecule has 2 nitrogen and oxygen atoms in total. The molecule has 1 aliphatic heterocycles. The van der Waals surface area contributed by atoms with Crippen molar-refractivity contribution >= 4 is 29.3 Å². The van der Waals surface area contributed by atoms with E-state index in [9.17, 15) is 4.79 Å². The minimum Gasteiger partial charge on any atom is -0.353 e. The van der Waals surface area contributed by atoms with Gasteiger partial charge in [0, 0.05) is 28.0 Å². The number of carbonyl (C=O) groups is 1. The number of ether oxygens (including phenoxy) is 1. The van der Waals surface area contributed by atoms with Crippen molar-refractivity contribution in [3.63, 3.8) is 0 Å². The molecular formula is C20H20O2S2. The van der Waals surface area contributed by atoms with Gasteiger partial charge in [0.25, 0.3) is 0 Å². The van der Waals surface area contributed by atoms with Crippen LogP contribution in [0.2, 0.25) is 0 Å². The summed E-state index contributed by atoms with van der Waals surface area (Å²) in [6.45, 7) is 0.559. The number of fused-ring (bicyclic) bond motifs is 1. The maximum Gasteiger partial charge on any atom is 0.172 e. The number of carbonyl (C=O) groups excluding carboxylic acids is 1. The van der Waals surface area contributed by atoms with Gasteiger partial charge in [0.2, 0.25) is 0 Å². The first-order valence-corrected chi connectivity index (χ1v) is 10.0. The third-order valence-electron chi connectivity index (χ3n) is 4.76. The second kappa shape index (κ2) is 6.95. The van der Waals surface area contributed by atoms with E-state index in [1.54, 1.807) is 23.5 Å². The van der Waals surface area contributed by atoms with Gasteiger partial charge in [-0.2, -0.15) is 0 Å². The molecule has 124 valence electrons. The first kappa shape index (κ1) is 16.2. The van der Waals surface area contributed by atoms with Crippen LogP contribution >= 0.6 is 23.5 Å². The van der Waals surface area contributed by atoms with E-state index in [4.69, 9.17) is 4.74 Å². The summed E-state index contributed by atoms with van der Waals surface area (Å²) in [7, 11) is 0. The number of hydrogen-bond donors (Lipinski definition) is 0. The molecule has 0 radical (unpaired) electrons. The van der Waals surface area contributed by atoms with Gasteiger partial charge in [0.1, 0.15) is 5.78 Å². The zero-order valence-corrected chi connectivity index (χ0v) is 15.0. The zero-order chi connectivity index (χ0) is 16.4. The van der Waals surface area contributed by atoms with Gasteiger partial charge in [-0.15, -0.1) is 0 Å². The third kappa shape index (κ3) is 3.15. The molecule has 1 heterocycles. The van der Waals surface area contributed by atoms with Crippen molar-refractivity contribution in [3.8, 4) is 0 Å².